The average Bonchev–Trinajstić information content (AvgIpc) is 2.49. The summed E-state index contributed by atoms with van der Waals surface area (Å²) in [6, 6.07) is 9.30. The Labute approximate surface area is 123 Å². The molecule has 1 aromatic carbocycles. The van der Waals surface area contributed by atoms with Crippen LogP contribution in [-0.4, -0.2) is 23.6 Å². The molecule has 0 saturated heterocycles. The maximum atomic E-state index is 13.9. The molecule has 0 aliphatic carbocycles. The van der Waals surface area contributed by atoms with E-state index in [1.54, 1.807) is 24.1 Å². The van der Waals surface area contributed by atoms with Gasteiger partial charge in [0.25, 0.3) is 0 Å². The molecule has 6 heteroatoms. The van der Waals surface area contributed by atoms with E-state index < -0.39 is 5.82 Å². The Balaban J connectivity index is 2.21. The van der Waals surface area contributed by atoms with Gasteiger partial charge in [-0.15, -0.1) is 0 Å². The van der Waals surface area contributed by atoms with E-state index in [0.29, 0.717) is 24.6 Å². The van der Waals surface area contributed by atoms with Crippen LogP contribution >= 0.6 is 0 Å². The highest BCUT2D eigenvalue weighted by Crippen LogP contribution is 2.18. The fourth-order valence-electron chi connectivity index (χ4n) is 1.96. The lowest BCUT2D eigenvalue weighted by Crippen LogP contribution is -2.20. The normalized spacial score (nSPS) is 10.0. The molecule has 1 N–H and O–H groups in total. The summed E-state index contributed by atoms with van der Waals surface area (Å²) < 4.78 is 13.9. The summed E-state index contributed by atoms with van der Waals surface area (Å²) in [6.07, 6.45) is 1.16. The number of benzene rings is 1. The Hall–Kier alpha value is -2.68. The van der Waals surface area contributed by atoms with Gasteiger partial charge in [0.1, 0.15) is 0 Å². The minimum Gasteiger partial charge on any atom is -0.354 e. The van der Waals surface area contributed by atoms with Crippen LogP contribution < -0.4 is 10.2 Å². The van der Waals surface area contributed by atoms with Gasteiger partial charge in [0.15, 0.2) is 11.6 Å². The Morgan fingerprint density at radius 2 is 2.24 bits per heavy atom. The molecule has 1 aromatic heterocycles. The van der Waals surface area contributed by atoms with Crippen LogP contribution in [0.3, 0.4) is 0 Å². The van der Waals surface area contributed by atoms with Crippen molar-refractivity contribution < 1.29 is 4.39 Å². The van der Waals surface area contributed by atoms with Gasteiger partial charge >= 0.3 is 0 Å². The van der Waals surface area contributed by atoms with Crippen LogP contribution in [0.1, 0.15) is 18.1 Å². The van der Waals surface area contributed by atoms with Crippen molar-refractivity contribution in [2.24, 2.45) is 0 Å². The fraction of sp³-hybridized carbons (Fsp3) is 0.267. The summed E-state index contributed by atoms with van der Waals surface area (Å²) in [5, 5.41) is 11.9. The Kier molecular flexibility index (Phi) is 4.67. The molecule has 0 fully saturated rings. The highest BCUT2D eigenvalue weighted by molar-refractivity contribution is 5.44. The van der Waals surface area contributed by atoms with Crippen LogP contribution in [0.15, 0.2) is 30.5 Å². The van der Waals surface area contributed by atoms with Crippen molar-refractivity contribution in [1.82, 2.24) is 9.97 Å². The van der Waals surface area contributed by atoms with E-state index in [0.717, 1.165) is 11.8 Å². The highest BCUT2D eigenvalue weighted by Gasteiger charge is 2.12. The lowest BCUT2D eigenvalue weighted by atomic mass is 10.1. The smallest absolute Gasteiger partial charge is 0.224 e. The summed E-state index contributed by atoms with van der Waals surface area (Å²) in [5.74, 6) is 0.144. The third kappa shape index (κ3) is 3.66. The third-order valence-corrected chi connectivity index (χ3v) is 2.90. The zero-order valence-corrected chi connectivity index (χ0v) is 12.0. The van der Waals surface area contributed by atoms with E-state index in [-0.39, 0.29) is 5.82 Å². The number of hydrogen-bond acceptors (Lipinski definition) is 5. The van der Waals surface area contributed by atoms with Crippen molar-refractivity contribution in [2.45, 2.75) is 13.5 Å². The molecule has 0 spiro atoms. The van der Waals surface area contributed by atoms with Gasteiger partial charge in [-0.05, 0) is 24.6 Å². The van der Waals surface area contributed by atoms with Crippen LogP contribution in [0.5, 0.6) is 0 Å². The van der Waals surface area contributed by atoms with E-state index >= 15 is 0 Å². The van der Waals surface area contributed by atoms with Crippen LogP contribution in [0, 0.1) is 17.1 Å². The van der Waals surface area contributed by atoms with Crippen LogP contribution in [0.25, 0.3) is 0 Å². The Bertz CT molecular complexity index is 665. The van der Waals surface area contributed by atoms with Gasteiger partial charge in [0, 0.05) is 20.1 Å². The van der Waals surface area contributed by atoms with Gasteiger partial charge in [-0.1, -0.05) is 12.1 Å². The SMILES string of the molecule is CCNc1ncc(F)c(N(C)Cc2cccc(C#N)c2)n1. The summed E-state index contributed by atoms with van der Waals surface area (Å²) in [6.45, 7) is 3.04. The minimum absolute atomic E-state index is 0.225. The van der Waals surface area contributed by atoms with E-state index in [2.05, 4.69) is 21.4 Å². The molecule has 0 aliphatic heterocycles. The van der Waals surface area contributed by atoms with Crippen LogP contribution in [-0.2, 0) is 6.54 Å². The number of nitrogens with one attached hydrogen (secondary N) is 1. The first-order valence-corrected chi connectivity index (χ1v) is 6.60. The molecule has 0 atom stereocenters. The number of halogens is 1. The standard InChI is InChI=1S/C15H16FN5/c1-3-18-15-19-9-13(16)14(20-15)21(2)10-12-6-4-5-11(7-12)8-17/h4-7,9H,3,10H2,1-2H3,(H,18,19,20). The maximum Gasteiger partial charge on any atom is 0.224 e. The third-order valence-electron chi connectivity index (χ3n) is 2.90. The summed E-state index contributed by atoms with van der Waals surface area (Å²) in [7, 11) is 1.75. The molecule has 108 valence electrons. The first-order valence-electron chi connectivity index (χ1n) is 6.60. The number of rotatable bonds is 5. The van der Waals surface area contributed by atoms with E-state index in [9.17, 15) is 4.39 Å². The van der Waals surface area contributed by atoms with Gasteiger partial charge in [-0.25, -0.2) is 9.37 Å². The summed E-state index contributed by atoms with van der Waals surface area (Å²) in [5.41, 5.74) is 1.50. The molecular weight excluding hydrogens is 269 g/mol. The van der Waals surface area contributed by atoms with Crippen LogP contribution in [0.2, 0.25) is 0 Å². The van der Waals surface area contributed by atoms with Crippen molar-refractivity contribution in [3.8, 4) is 6.07 Å². The molecule has 0 bridgehead atoms. The first-order chi connectivity index (χ1) is 10.1. The lowest BCUT2D eigenvalue weighted by molar-refractivity contribution is 0.607. The van der Waals surface area contributed by atoms with Crippen LogP contribution in [0.4, 0.5) is 16.2 Å². The second-order valence-electron chi connectivity index (χ2n) is 4.56. The molecule has 0 saturated carbocycles. The Morgan fingerprint density at radius 3 is 2.95 bits per heavy atom. The second kappa shape index (κ2) is 6.66. The topological polar surface area (TPSA) is 64.8 Å². The highest BCUT2D eigenvalue weighted by atomic mass is 19.1. The van der Waals surface area contributed by atoms with Crippen molar-refractivity contribution in [1.29, 1.82) is 5.26 Å². The quantitative estimate of drug-likeness (QED) is 0.914. The molecule has 0 aliphatic rings. The first kappa shape index (κ1) is 14.7. The molecule has 0 unspecified atom stereocenters. The lowest BCUT2D eigenvalue weighted by Gasteiger charge is -2.19. The van der Waals surface area contributed by atoms with Gasteiger partial charge in [-0.2, -0.15) is 10.2 Å². The minimum atomic E-state index is -0.476. The summed E-state index contributed by atoms with van der Waals surface area (Å²) >= 11 is 0. The molecule has 0 amide bonds. The maximum absolute atomic E-state index is 13.9. The number of aromatic nitrogens is 2. The van der Waals surface area contributed by atoms with E-state index in [1.807, 2.05) is 19.1 Å². The van der Waals surface area contributed by atoms with E-state index in [1.165, 1.54) is 0 Å². The van der Waals surface area contributed by atoms with Gasteiger partial charge in [-0.3, -0.25) is 0 Å². The van der Waals surface area contributed by atoms with Crippen molar-refractivity contribution in [3.63, 3.8) is 0 Å². The molecule has 0 radical (unpaired) electrons. The zero-order valence-electron chi connectivity index (χ0n) is 12.0. The van der Waals surface area contributed by atoms with Crippen molar-refractivity contribution in [2.75, 3.05) is 23.8 Å². The second-order valence-corrected chi connectivity index (χ2v) is 4.56. The number of hydrogen-bond donors (Lipinski definition) is 1. The largest absolute Gasteiger partial charge is 0.354 e. The predicted octanol–water partition coefficient (Wildman–Crippen LogP) is 2.56. The molecule has 5 nitrogen and oxygen atoms in total. The molecule has 1 heterocycles. The molecular formula is C15H16FN5. The van der Waals surface area contributed by atoms with E-state index in [4.69, 9.17) is 5.26 Å². The summed E-state index contributed by atoms with van der Waals surface area (Å²) in [4.78, 5) is 9.73. The van der Waals surface area contributed by atoms with Crippen molar-refractivity contribution >= 4 is 11.8 Å². The molecule has 2 aromatic rings. The molecule has 21 heavy (non-hydrogen) atoms. The zero-order chi connectivity index (χ0) is 15.2. The van der Waals surface area contributed by atoms with Gasteiger partial charge in [0.2, 0.25) is 5.95 Å². The van der Waals surface area contributed by atoms with Gasteiger partial charge < -0.3 is 10.2 Å². The van der Waals surface area contributed by atoms with Gasteiger partial charge in [0.05, 0.1) is 17.8 Å². The fourth-order valence-corrected chi connectivity index (χ4v) is 1.96. The number of nitrogens with zero attached hydrogens (tertiary/aromatic N) is 4. The monoisotopic (exact) mass is 285 g/mol. The van der Waals surface area contributed by atoms with Crippen molar-refractivity contribution in [3.05, 3.63) is 47.4 Å². The number of nitriles is 1. The Morgan fingerprint density at radius 1 is 1.43 bits per heavy atom. The number of anilines is 2. The predicted molar refractivity (Wildman–Crippen MR) is 79.4 cm³/mol. The average molecular weight is 285 g/mol. The molecule has 2 rings (SSSR count).